The molecule has 1 aromatic heterocycles. The van der Waals surface area contributed by atoms with E-state index in [4.69, 9.17) is 17.3 Å². The summed E-state index contributed by atoms with van der Waals surface area (Å²) in [7, 11) is 0. The number of rotatable bonds is 3. The number of aliphatic hydroxyl groups is 1. The third kappa shape index (κ3) is 2.66. The first-order chi connectivity index (χ1) is 6.15. The maximum Gasteiger partial charge on any atom is 0.111 e. The van der Waals surface area contributed by atoms with Crippen molar-refractivity contribution in [2.75, 3.05) is 0 Å². The van der Waals surface area contributed by atoms with E-state index in [1.165, 1.54) is 6.20 Å². The van der Waals surface area contributed by atoms with Crippen LogP contribution in [0.1, 0.15) is 25.1 Å². The minimum atomic E-state index is -0.706. The topological polar surface area (TPSA) is 59.1 Å². The van der Waals surface area contributed by atoms with Gasteiger partial charge in [-0.25, -0.2) is 0 Å². The van der Waals surface area contributed by atoms with Gasteiger partial charge < -0.3 is 10.8 Å². The lowest BCUT2D eigenvalue weighted by Crippen LogP contribution is -2.27. The van der Waals surface area contributed by atoms with E-state index in [1.54, 1.807) is 12.1 Å². The molecule has 1 aromatic rings. The molecule has 0 bridgehead atoms. The van der Waals surface area contributed by atoms with Crippen LogP contribution >= 0.6 is 11.6 Å². The first-order valence-corrected chi connectivity index (χ1v) is 4.58. The summed E-state index contributed by atoms with van der Waals surface area (Å²) in [5, 5.41) is 10.2. The Bertz CT molecular complexity index is 263. The Morgan fingerprint density at radius 3 is 2.77 bits per heavy atom. The number of hydrogen-bond donors (Lipinski definition) is 2. The molecule has 3 N–H and O–H groups in total. The van der Waals surface area contributed by atoms with E-state index in [0.29, 0.717) is 17.1 Å². The highest BCUT2D eigenvalue weighted by Crippen LogP contribution is 2.16. The summed E-state index contributed by atoms with van der Waals surface area (Å²) in [4.78, 5) is 3.99. The molecule has 0 aliphatic rings. The Balaban J connectivity index is 2.77. The molecule has 0 aromatic carbocycles. The van der Waals surface area contributed by atoms with Crippen molar-refractivity contribution in [3.63, 3.8) is 0 Å². The molecular formula is C9H13ClN2O. The molecular weight excluding hydrogens is 188 g/mol. The third-order valence-corrected chi connectivity index (χ3v) is 2.15. The molecule has 2 atom stereocenters. The number of hydrogen-bond acceptors (Lipinski definition) is 3. The van der Waals surface area contributed by atoms with E-state index < -0.39 is 6.10 Å². The Kier molecular flexibility index (Phi) is 3.66. The summed E-state index contributed by atoms with van der Waals surface area (Å²) in [5.74, 6) is 0. The minimum absolute atomic E-state index is 0.270. The number of aliphatic hydroxyl groups excluding tert-OH is 1. The summed E-state index contributed by atoms with van der Waals surface area (Å²) in [6.45, 7) is 1.92. The highest BCUT2D eigenvalue weighted by molar-refractivity contribution is 6.30. The van der Waals surface area contributed by atoms with Gasteiger partial charge in [-0.15, -0.1) is 0 Å². The fraction of sp³-hybridized carbons (Fsp3) is 0.444. The van der Waals surface area contributed by atoms with E-state index >= 15 is 0 Å². The molecule has 0 aliphatic heterocycles. The van der Waals surface area contributed by atoms with Crippen LogP contribution in [0.2, 0.25) is 5.02 Å². The maximum atomic E-state index is 9.65. The van der Waals surface area contributed by atoms with Crippen molar-refractivity contribution in [1.82, 2.24) is 4.98 Å². The van der Waals surface area contributed by atoms with Gasteiger partial charge in [-0.1, -0.05) is 18.5 Å². The van der Waals surface area contributed by atoms with E-state index in [0.717, 1.165) is 0 Å². The average molecular weight is 201 g/mol. The Labute approximate surface area is 82.5 Å². The van der Waals surface area contributed by atoms with Gasteiger partial charge in [0.05, 0.1) is 10.7 Å². The van der Waals surface area contributed by atoms with Gasteiger partial charge in [0.1, 0.15) is 6.10 Å². The van der Waals surface area contributed by atoms with Crippen molar-refractivity contribution in [2.45, 2.75) is 25.5 Å². The lowest BCUT2D eigenvalue weighted by molar-refractivity contribution is 0.140. The monoisotopic (exact) mass is 200 g/mol. The highest BCUT2D eigenvalue weighted by Gasteiger charge is 2.15. The Hall–Kier alpha value is -0.640. The fourth-order valence-corrected chi connectivity index (χ4v) is 1.12. The molecule has 3 nitrogen and oxygen atoms in total. The zero-order chi connectivity index (χ0) is 9.84. The van der Waals surface area contributed by atoms with Crippen molar-refractivity contribution >= 4 is 11.6 Å². The molecule has 1 rings (SSSR count). The fourth-order valence-electron chi connectivity index (χ4n) is 1.00. The molecule has 13 heavy (non-hydrogen) atoms. The van der Waals surface area contributed by atoms with Crippen molar-refractivity contribution in [1.29, 1.82) is 0 Å². The predicted molar refractivity (Wildman–Crippen MR) is 52.5 cm³/mol. The van der Waals surface area contributed by atoms with Gasteiger partial charge in [-0.2, -0.15) is 0 Å². The molecule has 0 aliphatic carbocycles. The molecule has 0 fully saturated rings. The van der Waals surface area contributed by atoms with Crippen molar-refractivity contribution in [2.24, 2.45) is 5.73 Å². The number of halogens is 1. The molecule has 0 spiro atoms. The normalized spacial score (nSPS) is 15.4. The molecule has 0 saturated heterocycles. The van der Waals surface area contributed by atoms with Gasteiger partial charge in [-0.05, 0) is 18.6 Å². The Morgan fingerprint density at radius 2 is 2.31 bits per heavy atom. The summed E-state index contributed by atoms with van der Waals surface area (Å²) in [6.07, 6.45) is 1.51. The second kappa shape index (κ2) is 4.56. The third-order valence-electron chi connectivity index (χ3n) is 1.93. The van der Waals surface area contributed by atoms with Gasteiger partial charge in [-0.3, -0.25) is 4.98 Å². The summed E-state index contributed by atoms with van der Waals surface area (Å²) in [6, 6.07) is 3.10. The second-order valence-corrected chi connectivity index (χ2v) is 3.35. The first-order valence-electron chi connectivity index (χ1n) is 4.20. The van der Waals surface area contributed by atoms with Crippen LogP contribution in [-0.4, -0.2) is 16.1 Å². The lowest BCUT2D eigenvalue weighted by Gasteiger charge is -2.16. The zero-order valence-electron chi connectivity index (χ0n) is 7.44. The van der Waals surface area contributed by atoms with Crippen LogP contribution in [0.15, 0.2) is 18.3 Å². The zero-order valence-corrected chi connectivity index (χ0v) is 8.20. The highest BCUT2D eigenvalue weighted by atomic mass is 35.5. The maximum absolute atomic E-state index is 9.65. The molecule has 0 radical (unpaired) electrons. The van der Waals surface area contributed by atoms with E-state index in [2.05, 4.69) is 4.98 Å². The minimum Gasteiger partial charge on any atom is -0.385 e. The smallest absolute Gasteiger partial charge is 0.111 e. The van der Waals surface area contributed by atoms with Crippen molar-refractivity contribution in [3.05, 3.63) is 29.0 Å². The van der Waals surface area contributed by atoms with Gasteiger partial charge in [0.25, 0.3) is 0 Å². The molecule has 0 amide bonds. The van der Waals surface area contributed by atoms with Crippen LogP contribution in [0, 0.1) is 0 Å². The number of nitrogens with two attached hydrogens (primary N) is 1. The largest absolute Gasteiger partial charge is 0.385 e. The number of pyridine rings is 1. The Morgan fingerprint density at radius 1 is 1.62 bits per heavy atom. The van der Waals surface area contributed by atoms with Crippen molar-refractivity contribution < 1.29 is 5.11 Å². The SMILES string of the molecule is CC[C@@H](N)[C@@H](O)c1ccc(Cl)cn1. The molecule has 4 heteroatoms. The van der Waals surface area contributed by atoms with Crippen LogP contribution < -0.4 is 5.73 Å². The average Bonchev–Trinajstić information content (AvgIpc) is 2.17. The second-order valence-electron chi connectivity index (χ2n) is 2.92. The summed E-state index contributed by atoms with van der Waals surface area (Å²) in [5.41, 5.74) is 6.23. The van der Waals surface area contributed by atoms with Gasteiger partial charge in [0.15, 0.2) is 0 Å². The lowest BCUT2D eigenvalue weighted by atomic mass is 10.1. The summed E-state index contributed by atoms with van der Waals surface area (Å²) >= 11 is 5.65. The van der Waals surface area contributed by atoms with Crippen LogP contribution in [0.25, 0.3) is 0 Å². The quantitative estimate of drug-likeness (QED) is 0.778. The number of aromatic nitrogens is 1. The van der Waals surface area contributed by atoms with Crippen LogP contribution in [0.5, 0.6) is 0 Å². The molecule has 0 unspecified atom stereocenters. The van der Waals surface area contributed by atoms with Crippen molar-refractivity contribution in [3.8, 4) is 0 Å². The number of nitrogens with zero attached hydrogens (tertiary/aromatic N) is 1. The molecule has 72 valence electrons. The van der Waals surface area contributed by atoms with Gasteiger partial charge in [0, 0.05) is 12.2 Å². The predicted octanol–water partition coefficient (Wildman–Crippen LogP) is 1.51. The van der Waals surface area contributed by atoms with E-state index in [-0.39, 0.29) is 6.04 Å². The van der Waals surface area contributed by atoms with Crippen LogP contribution in [0.4, 0.5) is 0 Å². The standard InChI is InChI=1S/C9H13ClN2O/c1-2-7(11)9(13)8-4-3-6(10)5-12-8/h3-5,7,9,13H,2,11H2,1H3/t7-,9-/m1/s1. The van der Waals surface area contributed by atoms with E-state index in [1.807, 2.05) is 6.92 Å². The first kappa shape index (κ1) is 10.4. The molecule has 0 saturated carbocycles. The van der Waals surface area contributed by atoms with Gasteiger partial charge in [0.2, 0.25) is 0 Å². The summed E-state index contributed by atoms with van der Waals surface area (Å²) < 4.78 is 0. The van der Waals surface area contributed by atoms with Crippen LogP contribution in [-0.2, 0) is 0 Å². The van der Waals surface area contributed by atoms with E-state index in [9.17, 15) is 5.11 Å². The van der Waals surface area contributed by atoms with Crippen LogP contribution in [0.3, 0.4) is 0 Å². The molecule has 1 heterocycles. The van der Waals surface area contributed by atoms with Gasteiger partial charge >= 0.3 is 0 Å².